The van der Waals surface area contributed by atoms with Gasteiger partial charge in [0.2, 0.25) is 5.91 Å². The summed E-state index contributed by atoms with van der Waals surface area (Å²) in [5.74, 6) is 0.958. The second kappa shape index (κ2) is 5.96. The third-order valence-corrected chi connectivity index (χ3v) is 4.12. The lowest BCUT2D eigenvalue weighted by Gasteiger charge is -2.25. The molecule has 1 fully saturated rings. The smallest absolute Gasteiger partial charge is 0.249 e. The van der Waals surface area contributed by atoms with Crippen molar-refractivity contribution in [2.45, 2.75) is 18.9 Å². The average Bonchev–Trinajstić information content (AvgIpc) is 3.14. The number of hydrogen-bond acceptors (Lipinski definition) is 4. The molecule has 0 radical (unpaired) electrons. The highest BCUT2D eigenvalue weighted by Gasteiger charge is 2.31. The Labute approximate surface area is 130 Å². The van der Waals surface area contributed by atoms with Crippen LogP contribution in [-0.2, 0) is 9.53 Å². The van der Waals surface area contributed by atoms with Crippen molar-refractivity contribution in [1.82, 2.24) is 14.3 Å². The fourth-order valence-electron chi connectivity index (χ4n) is 3.12. The van der Waals surface area contributed by atoms with Crippen LogP contribution >= 0.6 is 0 Å². The van der Waals surface area contributed by atoms with Crippen LogP contribution < -0.4 is 4.90 Å². The highest BCUT2D eigenvalue weighted by molar-refractivity contribution is 5.78. The monoisotopic (exact) mass is 302 g/mol. The maximum absolute atomic E-state index is 12.2. The van der Waals surface area contributed by atoms with E-state index in [-0.39, 0.29) is 18.6 Å². The topological polar surface area (TPSA) is 50.1 Å². The van der Waals surface area contributed by atoms with Crippen LogP contribution in [0.3, 0.4) is 0 Å². The van der Waals surface area contributed by atoms with Gasteiger partial charge >= 0.3 is 0 Å². The molecule has 22 heavy (non-hydrogen) atoms. The van der Waals surface area contributed by atoms with Crippen LogP contribution in [0.2, 0.25) is 0 Å². The van der Waals surface area contributed by atoms with Crippen molar-refractivity contribution in [2.24, 2.45) is 0 Å². The normalized spacial score (nSPS) is 18.1. The van der Waals surface area contributed by atoms with Crippen molar-refractivity contribution >= 4 is 17.2 Å². The molecule has 2 aromatic heterocycles. The predicted molar refractivity (Wildman–Crippen MR) is 85.1 cm³/mol. The number of carbonyl (C=O) groups excluding carboxylic acids is 1. The van der Waals surface area contributed by atoms with Crippen LogP contribution in [0.15, 0.2) is 24.5 Å². The molecule has 6 heteroatoms. The first-order chi connectivity index (χ1) is 10.6. The Bertz CT molecular complexity index is 680. The number of methoxy groups -OCH3 is 1. The standard InChI is InChI=1S/C16H22N4O2/c1-18(2)16-14-7-4-8-19(14)10-12(17-16)13-6-5-9-20(13)15(21)11-22-3/h4,7-8,10,13H,5-6,9,11H2,1-3H3/t13-/m0/s1. The summed E-state index contributed by atoms with van der Waals surface area (Å²) in [5, 5.41) is 0. The summed E-state index contributed by atoms with van der Waals surface area (Å²) >= 11 is 0. The second-order valence-electron chi connectivity index (χ2n) is 5.86. The Hall–Kier alpha value is -2.08. The number of nitrogens with zero attached hydrogens (tertiary/aromatic N) is 4. The largest absolute Gasteiger partial charge is 0.375 e. The first-order valence-electron chi connectivity index (χ1n) is 7.55. The number of amides is 1. The van der Waals surface area contributed by atoms with E-state index < -0.39 is 0 Å². The number of anilines is 1. The fourth-order valence-corrected chi connectivity index (χ4v) is 3.12. The van der Waals surface area contributed by atoms with Crippen LogP contribution in [-0.4, -0.2) is 54.5 Å². The predicted octanol–water partition coefficient (Wildman–Crippen LogP) is 1.71. The van der Waals surface area contributed by atoms with Crippen LogP contribution in [0.5, 0.6) is 0 Å². The van der Waals surface area contributed by atoms with E-state index in [1.54, 1.807) is 7.11 Å². The zero-order valence-corrected chi connectivity index (χ0v) is 13.3. The maximum Gasteiger partial charge on any atom is 0.249 e. The first kappa shape index (κ1) is 14.8. The number of hydrogen-bond donors (Lipinski definition) is 0. The van der Waals surface area contributed by atoms with Crippen LogP contribution in [0, 0.1) is 0 Å². The summed E-state index contributed by atoms with van der Waals surface area (Å²) in [6.45, 7) is 0.901. The van der Waals surface area contributed by atoms with Crippen molar-refractivity contribution in [1.29, 1.82) is 0 Å². The molecular weight excluding hydrogens is 280 g/mol. The van der Waals surface area contributed by atoms with Crippen molar-refractivity contribution in [3.63, 3.8) is 0 Å². The molecule has 6 nitrogen and oxygen atoms in total. The van der Waals surface area contributed by atoms with Gasteiger partial charge in [-0.05, 0) is 25.0 Å². The van der Waals surface area contributed by atoms with Crippen molar-refractivity contribution in [3.8, 4) is 0 Å². The zero-order chi connectivity index (χ0) is 15.7. The second-order valence-corrected chi connectivity index (χ2v) is 5.86. The molecular formula is C16H22N4O2. The van der Waals surface area contributed by atoms with Gasteiger partial charge in [-0.3, -0.25) is 4.79 Å². The molecule has 0 spiro atoms. The van der Waals surface area contributed by atoms with Gasteiger partial charge < -0.3 is 18.9 Å². The maximum atomic E-state index is 12.2. The molecule has 0 aliphatic carbocycles. The van der Waals surface area contributed by atoms with Gasteiger partial charge in [0.05, 0.1) is 17.3 Å². The van der Waals surface area contributed by atoms with Crippen LogP contribution in [0.1, 0.15) is 24.6 Å². The van der Waals surface area contributed by atoms with E-state index in [0.29, 0.717) is 0 Å². The summed E-state index contributed by atoms with van der Waals surface area (Å²) in [6.07, 6.45) is 6.00. The van der Waals surface area contributed by atoms with E-state index >= 15 is 0 Å². The lowest BCUT2D eigenvalue weighted by atomic mass is 10.1. The highest BCUT2D eigenvalue weighted by atomic mass is 16.5. The van der Waals surface area contributed by atoms with Gasteiger partial charge in [-0.15, -0.1) is 0 Å². The Morgan fingerprint density at radius 2 is 2.32 bits per heavy atom. The van der Waals surface area contributed by atoms with Gasteiger partial charge in [-0.25, -0.2) is 4.98 Å². The SMILES string of the molecule is COCC(=O)N1CCC[C@H]1c1cn2cccc2c(N(C)C)n1. The summed E-state index contributed by atoms with van der Waals surface area (Å²) in [7, 11) is 5.53. The molecule has 3 rings (SSSR count). The third kappa shape index (κ3) is 2.54. The molecule has 0 aromatic carbocycles. The molecule has 1 amide bonds. The van der Waals surface area contributed by atoms with Crippen molar-refractivity contribution in [2.75, 3.05) is 39.3 Å². The molecule has 1 atom stereocenters. The minimum Gasteiger partial charge on any atom is -0.375 e. The molecule has 1 saturated heterocycles. The number of ether oxygens (including phenoxy) is 1. The minimum atomic E-state index is 0.0332. The molecule has 0 bridgehead atoms. The first-order valence-corrected chi connectivity index (χ1v) is 7.55. The molecule has 0 N–H and O–H groups in total. The molecule has 0 saturated carbocycles. The van der Waals surface area contributed by atoms with Gasteiger partial charge in [-0.1, -0.05) is 0 Å². The number of carbonyl (C=O) groups is 1. The van der Waals surface area contributed by atoms with Crippen LogP contribution in [0.25, 0.3) is 5.52 Å². The summed E-state index contributed by atoms with van der Waals surface area (Å²) in [5.41, 5.74) is 2.01. The molecule has 2 aromatic rings. The quantitative estimate of drug-likeness (QED) is 0.863. The number of fused-ring (bicyclic) bond motifs is 1. The summed E-state index contributed by atoms with van der Waals surface area (Å²) in [6, 6.07) is 4.10. The van der Waals surface area contributed by atoms with Gasteiger partial charge in [-0.2, -0.15) is 0 Å². The van der Waals surface area contributed by atoms with Crippen molar-refractivity contribution < 1.29 is 9.53 Å². The Balaban J connectivity index is 2.00. The van der Waals surface area contributed by atoms with Gasteiger partial charge in [0, 0.05) is 40.1 Å². The van der Waals surface area contributed by atoms with E-state index in [1.807, 2.05) is 42.4 Å². The Morgan fingerprint density at radius 1 is 1.50 bits per heavy atom. The van der Waals surface area contributed by atoms with Crippen molar-refractivity contribution in [3.05, 3.63) is 30.2 Å². The van der Waals surface area contributed by atoms with E-state index in [1.165, 1.54) is 0 Å². The van der Waals surface area contributed by atoms with Crippen LogP contribution in [0.4, 0.5) is 5.82 Å². The van der Waals surface area contributed by atoms with Gasteiger partial charge in [0.15, 0.2) is 5.82 Å². The fraction of sp³-hybridized carbons (Fsp3) is 0.500. The van der Waals surface area contributed by atoms with Gasteiger partial charge in [0.25, 0.3) is 0 Å². The Morgan fingerprint density at radius 3 is 3.05 bits per heavy atom. The lowest BCUT2D eigenvalue weighted by molar-refractivity contribution is -0.136. The average molecular weight is 302 g/mol. The highest BCUT2D eigenvalue weighted by Crippen LogP contribution is 2.32. The third-order valence-electron chi connectivity index (χ3n) is 4.12. The molecule has 1 aliphatic heterocycles. The van der Waals surface area contributed by atoms with Gasteiger partial charge in [0.1, 0.15) is 6.61 Å². The molecule has 118 valence electrons. The van der Waals surface area contributed by atoms with E-state index in [9.17, 15) is 4.79 Å². The minimum absolute atomic E-state index is 0.0332. The van der Waals surface area contributed by atoms with E-state index in [2.05, 4.69) is 10.5 Å². The molecule has 0 unspecified atom stereocenters. The van der Waals surface area contributed by atoms with E-state index in [0.717, 1.165) is 36.4 Å². The molecule has 3 heterocycles. The number of rotatable bonds is 4. The number of aromatic nitrogens is 2. The Kier molecular flexibility index (Phi) is 4.02. The molecule has 1 aliphatic rings. The zero-order valence-electron chi connectivity index (χ0n) is 13.3. The number of likely N-dealkylation sites (tertiary alicyclic amines) is 1. The van der Waals surface area contributed by atoms with E-state index in [4.69, 9.17) is 9.72 Å². The lowest BCUT2D eigenvalue weighted by Crippen LogP contribution is -2.34. The summed E-state index contributed by atoms with van der Waals surface area (Å²) < 4.78 is 7.07. The summed E-state index contributed by atoms with van der Waals surface area (Å²) in [4.78, 5) is 20.9.